The van der Waals surface area contributed by atoms with E-state index in [2.05, 4.69) is 71.3 Å². The predicted molar refractivity (Wildman–Crippen MR) is 89.5 cm³/mol. The summed E-state index contributed by atoms with van der Waals surface area (Å²) in [4.78, 5) is 0. The van der Waals surface area contributed by atoms with Crippen molar-refractivity contribution in [2.24, 2.45) is 0 Å². The van der Waals surface area contributed by atoms with Crippen molar-refractivity contribution in [3.8, 4) is 5.69 Å². The maximum absolute atomic E-state index is 5.58. The number of fused-ring (bicyclic) bond motifs is 2. The predicted octanol–water partition coefficient (Wildman–Crippen LogP) is 5.57. The summed E-state index contributed by atoms with van der Waals surface area (Å²) in [6.07, 6.45) is 0. The summed E-state index contributed by atoms with van der Waals surface area (Å²) in [5, 5.41) is 2.47. The molecule has 4 aromatic rings. The quantitative estimate of drug-likeness (QED) is 0.415. The molecule has 1 heterocycles. The number of aromatic nitrogens is 1. The Balaban J connectivity index is 2.17. The fourth-order valence-corrected chi connectivity index (χ4v) is 3.95. The summed E-state index contributed by atoms with van der Waals surface area (Å²) in [7, 11) is 0. The van der Waals surface area contributed by atoms with Crippen LogP contribution < -0.4 is 0 Å². The van der Waals surface area contributed by atoms with Crippen LogP contribution in [0, 0.1) is 3.95 Å². The minimum absolute atomic E-state index is 0.891. The molecule has 0 unspecified atom stereocenters. The van der Waals surface area contributed by atoms with Gasteiger partial charge in [-0.3, -0.25) is 4.57 Å². The zero-order valence-corrected chi connectivity index (χ0v) is 12.2. The molecule has 0 radical (unpaired) electrons. The molecule has 0 bridgehead atoms. The zero-order chi connectivity index (χ0) is 13.5. The van der Waals surface area contributed by atoms with Gasteiger partial charge in [-0.25, -0.2) is 0 Å². The Morgan fingerprint density at radius 1 is 0.800 bits per heavy atom. The molecule has 0 saturated heterocycles. The van der Waals surface area contributed by atoms with Gasteiger partial charge in [0.2, 0.25) is 0 Å². The Bertz CT molecular complexity index is 974. The van der Waals surface area contributed by atoms with Crippen molar-refractivity contribution in [3.63, 3.8) is 0 Å². The van der Waals surface area contributed by atoms with E-state index >= 15 is 0 Å². The SMILES string of the molecule is S=c1sc2ccccc2n1-c1cccc2ccccc12. The lowest BCUT2D eigenvalue weighted by Gasteiger charge is -2.09. The highest BCUT2D eigenvalue weighted by Crippen LogP contribution is 2.30. The Labute approximate surface area is 125 Å². The van der Waals surface area contributed by atoms with Crippen molar-refractivity contribution in [2.75, 3.05) is 0 Å². The first-order valence-corrected chi connectivity index (χ1v) is 7.66. The molecule has 0 atom stereocenters. The molecular weight excluding hydrogens is 282 g/mol. The van der Waals surface area contributed by atoms with Crippen LogP contribution in [0.25, 0.3) is 26.7 Å². The molecular formula is C17H11NS2. The number of nitrogens with zero attached hydrogens (tertiary/aromatic N) is 1. The lowest BCUT2D eigenvalue weighted by atomic mass is 10.1. The lowest BCUT2D eigenvalue weighted by Crippen LogP contribution is -1.94. The van der Waals surface area contributed by atoms with Crippen molar-refractivity contribution in [2.45, 2.75) is 0 Å². The summed E-state index contributed by atoms with van der Waals surface area (Å²) >= 11 is 7.24. The number of benzene rings is 3. The van der Waals surface area contributed by atoms with Gasteiger partial charge in [0.1, 0.15) is 0 Å². The van der Waals surface area contributed by atoms with E-state index in [0.29, 0.717) is 0 Å². The van der Waals surface area contributed by atoms with E-state index in [9.17, 15) is 0 Å². The van der Waals surface area contributed by atoms with Crippen LogP contribution in [0.1, 0.15) is 0 Å². The molecule has 0 aliphatic carbocycles. The Hall–Kier alpha value is -1.97. The standard InChI is InChI=1S/C17H11NS2/c19-17-18(15-9-3-4-11-16(15)20-17)14-10-5-7-12-6-1-2-8-13(12)14/h1-11H. The third-order valence-electron chi connectivity index (χ3n) is 3.49. The van der Waals surface area contributed by atoms with Gasteiger partial charge in [0.15, 0.2) is 3.95 Å². The molecule has 1 nitrogen and oxygen atoms in total. The minimum Gasteiger partial charge on any atom is -0.291 e. The fraction of sp³-hybridized carbons (Fsp3) is 0. The van der Waals surface area contributed by atoms with E-state index < -0.39 is 0 Å². The summed E-state index contributed by atoms with van der Waals surface area (Å²) in [6.45, 7) is 0. The molecule has 96 valence electrons. The summed E-state index contributed by atoms with van der Waals surface area (Å²) < 4.78 is 4.30. The minimum atomic E-state index is 0.891. The van der Waals surface area contributed by atoms with Crippen molar-refractivity contribution in [3.05, 3.63) is 70.7 Å². The molecule has 0 N–H and O–H groups in total. The second kappa shape index (κ2) is 4.54. The zero-order valence-electron chi connectivity index (χ0n) is 10.6. The van der Waals surface area contributed by atoms with Crippen LogP contribution in [-0.2, 0) is 0 Å². The van der Waals surface area contributed by atoms with Crippen molar-refractivity contribution >= 4 is 44.5 Å². The maximum atomic E-state index is 5.58. The number of rotatable bonds is 1. The van der Waals surface area contributed by atoms with Gasteiger partial charge in [0.25, 0.3) is 0 Å². The molecule has 0 saturated carbocycles. The van der Waals surface area contributed by atoms with Gasteiger partial charge >= 0.3 is 0 Å². The van der Waals surface area contributed by atoms with Gasteiger partial charge in [0.05, 0.1) is 15.9 Å². The van der Waals surface area contributed by atoms with E-state index in [-0.39, 0.29) is 0 Å². The van der Waals surface area contributed by atoms with Gasteiger partial charge in [-0.2, -0.15) is 0 Å². The van der Waals surface area contributed by atoms with Crippen molar-refractivity contribution in [1.29, 1.82) is 0 Å². The lowest BCUT2D eigenvalue weighted by molar-refractivity contribution is 1.14. The van der Waals surface area contributed by atoms with E-state index in [1.165, 1.54) is 21.0 Å². The molecule has 0 fully saturated rings. The topological polar surface area (TPSA) is 4.93 Å². The second-order valence-electron chi connectivity index (χ2n) is 4.67. The smallest absolute Gasteiger partial charge is 0.166 e. The second-order valence-corrected chi connectivity index (χ2v) is 6.35. The molecule has 4 rings (SSSR count). The monoisotopic (exact) mass is 293 g/mol. The van der Waals surface area contributed by atoms with Gasteiger partial charge in [0, 0.05) is 5.39 Å². The summed E-state index contributed by atoms with van der Waals surface area (Å²) in [5.41, 5.74) is 2.34. The van der Waals surface area contributed by atoms with Crippen LogP contribution in [0.5, 0.6) is 0 Å². The van der Waals surface area contributed by atoms with Gasteiger partial charge < -0.3 is 0 Å². The first kappa shape index (κ1) is 11.8. The normalized spacial score (nSPS) is 11.2. The first-order valence-electron chi connectivity index (χ1n) is 6.43. The third-order valence-corrected chi connectivity index (χ3v) is 4.85. The average molecular weight is 293 g/mol. The summed E-state index contributed by atoms with van der Waals surface area (Å²) in [6, 6.07) is 23.2. The van der Waals surface area contributed by atoms with E-state index in [1.807, 2.05) is 0 Å². The average Bonchev–Trinajstić information content (AvgIpc) is 2.82. The van der Waals surface area contributed by atoms with Crippen LogP contribution >= 0.6 is 23.6 Å². The third kappa shape index (κ3) is 1.71. The molecule has 20 heavy (non-hydrogen) atoms. The van der Waals surface area contributed by atoms with Gasteiger partial charge in [-0.1, -0.05) is 48.5 Å². The highest BCUT2D eigenvalue weighted by molar-refractivity contribution is 7.73. The van der Waals surface area contributed by atoms with Crippen LogP contribution in [0.3, 0.4) is 0 Å². The van der Waals surface area contributed by atoms with E-state index in [0.717, 1.165) is 9.64 Å². The molecule has 0 amide bonds. The fourth-order valence-electron chi connectivity index (χ4n) is 2.60. The number of hydrogen-bond acceptors (Lipinski definition) is 2. The van der Waals surface area contributed by atoms with Crippen LogP contribution in [-0.4, -0.2) is 4.57 Å². The Morgan fingerprint density at radius 2 is 1.55 bits per heavy atom. The molecule has 0 spiro atoms. The van der Waals surface area contributed by atoms with Crippen LogP contribution in [0.4, 0.5) is 0 Å². The number of hydrogen-bond donors (Lipinski definition) is 0. The summed E-state index contributed by atoms with van der Waals surface area (Å²) in [5.74, 6) is 0. The van der Waals surface area contributed by atoms with Crippen molar-refractivity contribution < 1.29 is 0 Å². The molecule has 3 heteroatoms. The Morgan fingerprint density at radius 3 is 2.50 bits per heavy atom. The first-order chi connectivity index (χ1) is 9.84. The Kier molecular flexibility index (Phi) is 2.69. The largest absolute Gasteiger partial charge is 0.291 e. The molecule has 1 aromatic heterocycles. The van der Waals surface area contributed by atoms with Crippen LogP contribution in [0.2, 0.25) is 0 Å². The van der Waals surface area contributed by atoms with Gasteiger partial charge in [-0.05, 0) is 35.8 Å². The van der Waals surface area contributed by atoms with E-state index in [4.69, 9.17) is 12.2 Å². The molecule has 0 aliphatic heterocycles. The van der Waals surface area contributed by atoms with Gasteiger partial charge in [-0.15, -0.1) is 11.3 Å². The number of thiazole rings is 1. The van der Waals surface area contributed by atoms with Crippen LogP contribution in [0.15, 0.2) is 66.7 Å². The number of para-hydroxylation sites is 1. The highest BCUT2D eigenvalue weighted by atomic mass is 32.1. The van der Waals surface area contributed by atoms with E-state index in [1.54, 1.807) is 11.3 Å². The molecule has 3 aromatic carbocycles. The van der Waals surface area contributed by atoms with Crippen molar-refractivity contribution in [1.82, 2.24) is 4.57 Å². The molecule has 0 aliphatic rings. The highest BCUT2D eigenvalue weighted by Gasteiger charge is 2.09. The maximum Gasteiger partial charge on any atom is 0.166 e.